The van der Waals surface area contributed by atoms with Gasteiger partial charge >= 0.3 is 0 Å². The second kappa shape index (κ2) is 9.18. The van der Waals surface area contributed by atoms with E-state index in [0.717, 1.165) is 41.7 Å². The van der Waals surface area contributed by atoms with Gasteiger partial charge in [0.15, 0.2) is 5.78 Å². The third-order valence-electron chi connectivity index (χ3n) is 6.06. The van der Waals surface area contributed by atoms with Crippen molar-refractivity contribution in [1.29, 1.82) is 0 Å². The number of Topliss-reactive ketones (excluding diaryl/α,β-unsaturated/α-hetero) is 1. The summed E-state index contributed by atoms with van der Waals surface area (Å²) in [5, 5.41) is 0. The number of rotatable bonds is 6. The molecule has 3 aromatic rings. The van der Waals surface area contributed by atoms with Crippen LogP contribution in [0.2, 0.25) is 0 Å². The maximum absolute atomic E-state index is 13.6. The lowest BCUT2D eigenvalue weighted by atomic mass is 9.77. The van der Waals surface area contributed by atoms with E-state index in [4.69, 9.17) is 0 Å². The Morgan fingerprint density at radius 3 is 2.10 bits per heavy atom. The number of benzene rings is 3. The smallest absolute Gasteiger partial charge is 0.194 e. The summed E-state index contributed by atoms with van der Waals surface area (Å²) < 4.78 is 0. The molecular weight excluding hydrogens is 378 g/mol. The van der Waals surface area contributed by atoms with Gasteiger partial charge in [0.2, 0.25) is 0 Å². The van der Waals surface area contributed by atoms with Crippen LogP contribution in [0.3, 0.4) is 0 Å². The molecule has 2 heteroatoms. The van der Waals surface area contributed by atoms with Crippen LogP contribution >= 0.6 is 0 Å². The summed E-state index contributed by atoms with van der Waals surface area (Å²) in [7, 11) is 0. The molecule has 0 saturated heterocycles. The van der Waals surface area contributed by atoms with Gasteiger partial charge in [0.1, 0.15) is 0 Å². The third kappa shape index (κ3) is 4.25. The molecule has 0 aliphatic carbocycles. The molecule has 0 bridgehead atoms. The van der Waals surface area contributed by atoms with Crippen LogP contribution in [-0.2, 0) is 5.54 Å². The van der Waals surface area contributed by atoms with Gasteiger partial charge < -0.3 is 4.90 Å². The SMILES string of the molecule is CCC/C=C1\CC(C)(c2ccccc2)N(c2ccccc2)C=C1C(=O)c1ccccc1. The summed E-state index contributed by atoms with van der Waals surface area (Å²) in [4.78, 5) is 15.8. The fourth-order valence-corrected chi connectivity index (χ4v) is 4.34. The quantitative estimate of drug-likeness (QED) is 0.399. The number of allylic oxidation sites excluding steroid dienone is 2. The summed E-state index contributed by atoms with van der Waals surface area (Å²) in [6, 6.07) is 30.6. The average Bonchev–Trinajstić information content (AvgIpc) is 2.84. The number of hydrogen-bond donors (Lipinski definition) is 0. The normalized spacial score (nSPS) is 19.9. The topological polar surface area (TPSA) is 20.3 Å². The number of unbranched alkanes of at least 4 members (excludes halogenated alkanes) is 1. The van der Waals surface area contributed by atoms with E-state index in [1.807, 2.05) is 36.4 Å². The van der Waals surface area contributed by atoms with Gasteiger partial charge in [-0.05, 0) is 36.6 Å². The third-order valence-corrected chi connectivity index (χ3v) is 6.06. The summed E-state index contributed by atoms with van der Waals surface area (Å²) in [6.07, 6.45) is 7.13. The fourth-order valence-electron chi connectivity index (χ4n) is 4.34. The first-order valence-corrected chi connectivity index (χ1v) is 11.0. The Morgan fingerprint density at radius 2 is 1.48 bits per heavy atom. The molecule has 1 atom stereocenters. The molecule has 2 nitrogen and oxygen atoms in total. The zero-order valence-electron chi connectivity index (χ0n) is 18.3. The van der Waals surface area contributed by atoms with Gasteiger partial charge in [0.25, 0.3) is 0 Å². The predicted molar refractivity (Wildman–Crippen MR) is 129 cm³/mol. The predicted octanol–water partition coefficient (Wildman–Crippen LogP) is 7.31. The minimum atomic E-state index is -0.289. The molecule has 0 radical (unpaired) electrons. The van der Waals surface area contributed by atoms with Crippen LogP contribution in [0.1, 0.15) is 49.0 Å². The van der Waals surface area contributed by atoms with Crippen LogP contribution in [0.25, 0.3) is 0 Å². The van der Waals surface area contributed by atoms with Crippen molar-refractivity contribution < 1.29 is 4.79 Å². The fraction of sp³-hybridized carbons (Fsp3) is 0.207. The van der Waals surface area contributed by atoms with Gasteiger partial charge in [-0.2, -0.15) is 0 Å². The van der Waals surface area contributed by atoms with E-state index >= 15 is 0 Å². The van der Waals surface area contributed by atoms with Gasteiger partial charge in [-0.25, -0.2) is 0 Å². The second-order valence-electron chi connectivity index (χ2n) is 8.28. The number of para-hydroxylation sites is 1. The Labute approximate surface area is 185 Å². The molecule has 4 rings (SSSR count). The van der Waals surface area contributed by atoms with Crippen molar-refractivity contribution in [3.63, 3.8) is 0 Å². The summed E-state index contributed by atoms with van der Waals surface area (Å²) in [5.74, 6) is 0.0824. The number of hydrogen-bond acceptors (Lipinski definition) is 2. The highest BCUT2D eigenvalue weighted by atomic mass is 16.1. The number of anilines is 1. The molecule has 0 saturated carbocycles. The van der Waals surface area contributed by atoms with Crippen LogP contribution in [0, 0.1) is 0 Å². The highest BCUT2D eigenvalue weighted by Crippen LogP contribution is 2.44. The van der Waals surface area contributed by atoms with E-state index in [9.17, 15) is 4.79 Å². The second-order valence-corrected chi connectivity index (χ2v) is 8.28. The Bertz CT molecular complexity index is 1080. The first-order chi connectivity index (χ1) is 15.1. The van der Waals surface area contributed by atoms with Gasteiger partial charge in [-0.15, -0.1) is 0 Å². The molecular formula is C29H29NO. The molecule has 1 heterocycles. The van der Waals surface area contributed by atoms with Gasteiger partial charge in [-0.3, -0.25) is 4.79 Å². The Hall–Kier alpha value is -3.39. The first-order valence-electron chi connectivity index (χ1n) is 11.0. The van der Waals surface area contributed by atoms with E-state index in [2.05, 4.69) is 85.6 Å². The average molecular weight is 408 g/mol. The maximum atomic E-state index is 13.6. The van der Waals surface area contributed by atoms with Crippen molar-refractivity contribution in [2.75, 3.05) is 4.90 Å². The van der Waals surface area contributed by atoms with Crippen molar-refractivity contribution in [2.45, 2.75) is 38.6 Å². The molecule has 31 heavy (non-hydrogen) atoms. The number of ketones is 1. The maximum Gasteiger partial charge on any atom is 0.194 e. The summed E-state index contributed by atoms with van der Waals surface area (Å²) >= 11 is 0. The highest BCUT2D eigenvalue weighted by molar-refractivity contribution is 6.12. The Morgan fingerprint density at radius 1 is 0.903 bits per heavy atom. The van der Waals surface area contributed by atoms with Gasteiger partial charge in [-0.1, -0.05) is 98.3 Å². The summed E-state index contributed by atoms with van der Waals surface area (Å²) in [6.45, 7) is 4.45. The molecule has 0 spiro atoms. The van der Waals surface area contributed by atoms with Crippen molar-refractivity contribution in [3.8, 4) is 0 Å². The lowest BCUT2D eigenvalue weighted by Gasteiger charge is -2.46. The van der Waals surface area contributed by atoms with Crippen LogP contribution in [0.5, 0.6) is 0 Å². The van der Waals surface area contributed by atoms with Crippen molar-refractivity contribution >= 4 is 11.5 Å². The number of carbonyl (C=O) groups is 1. The first kappa shape index (κ1) is 20.9. The lowest BCUT2D eigenvalue weighted by Crippen LogP contribution is -2.44. The van der Waals surface area contributed by atoms with E-state index < -0.39 is 0 Å². The highest BCUT2D eigenvalue weighted by Gasteiger charge is 2.39. The van der Waals surface area contributed by atoms with Crippen LogP contribution in [0.15, 0.2) is 114 Å². The Balaban J connectivity index is 1.90. The Kier molecular flexibility index (Phi) is 6.18. The van der Waals surface area contributed by atoms with Crippen molar-refractivity contribution in [3.05, 3.63) is 126 Å². The molecule has 1 aliphatic heterocycles. The minimum absolute atomic E-state index is 0.0824. The molecule has 0 N–H and O–H groups in total. The molecule has 0 amide bonds. The number of carbonyl (C=O) groups excluding carboxylic acids is 1. The molecule has 1 unspecified atom stereocenters. The summed E-state index contributed by atoms with van der Waals surface area (Å²) in [5.41, 5.74) is 4.69. The lowest BCUT2D eigenvalue weighted by molar-refractivity contribution is 0.103. The van der Waals surface area contributed by atoms with E-state index in [0.29, 0.717) is 0 Å². The minimum Gasteiger partial charge on any atom is -0.337 e. The molecule has 156 valence electrons. The molecule has 1 aliphatic rings. The molecule has 3 aromatic carbocycles. The monoisotopic (exact) mass is 407 g/mol. The standard InChI is InChI=1S/C29H29NO/c1-3-4-14-24-21-29(2,25-17-10-6-11-18-25)30(26-19-12-7-13-20-26)22-27(24)28(31)23-15-8-5-9-16-23/h5-20,22H,3-4,21H2,1-2H3/b24-14+. The van der Waals surface area contributed by atoms with Crippen LogP contribution < -0.4 is 4.90 Å². The van der Waals surface area contributed by atoms with E-state index in [1.165, 1.54) is 5.56 Å². The largest absolute Gasteiger partial charge is 0.337 e. The van der Waals surface area contributed by atoms with Crippen molar-refractivity contribution in [1.82, 2.24) is 0 Å². The number of nitrogens with zero attached hydrogens (tertiary/aromatic N) is 1. The van der Waals surface area contributed by atoms with Crippen molar-refractivity contribution in [2.24, 2.45) is 0 Å². The van der Waals surface area contributed by atoms with Crippen LogP contribution in [0.4, 0.5) is 5.69 Å². The molecule has 0 fully saturated rings. The van der Waals surface area contributed by atoms with E-state index in [-0.39, 0.29) is 11.3 Å². The van der Waals surface area contributed by atoms with Gasteiger partial charge in [0.05, 0.1) is 5.54 Å². The molecule has 0 aromatic heterocycles. The zero-order chi connectivity index (χ0) is 21.7. The van der Waals surface area contributed by atoms with Gasteiger partial charge in [0, 0.05) is 29.4 Å². The van der Waals surface area contributed by atoms with Crippen LogP contribution in [-0.4, -0.2) is 5.78 Å². The zero-order valence-corrected chi connectivity index (χ0v) is 18.3. The van der Waals surface area contributed by atoms with E-state index in [1.54, 1.807) is 0 Å².